The van der Waals surface area contributed by atoms with Gasteiger partial charge in [0.25, 0.3) is 0 Å². The van der Waals surface area contributed by atoms with Gasteiger partial charge >= 0.3 is 0 Å². The third-order valence-electron chi connectivity index (χ3n) is 2.52. The Labute approximate surface area is 125 Å². The molecule has 0 aliphatic rings. The Kier molecular flexibility index (Phi) is 4.69. The molecule has 1 aromatic heterocycles. The van der Waals surface area contributed by atoms with E-state index in [9.17, 15) is 15.2 Å². The predicted octanol–water partition coefficient (Wildman–Crippen LogP) is 1.64. The van der Waals surface area contributed by atoms with E-state index in [1.165, 1.54) is 11.3 Å². The maximum atomic E-state index is 10.3. The lowest BCUT2D eigenvalue weighted by molar-refractivity contribution is -0.307. The Bertz CT molecular complexity index is 711. The number of carbonyl (C=O) groups excluding carboxylic acids is 1. The zero-order chi connectivity index (χ0) is 15.2. The molecular weight excluding hydrogens is 288 g/mol. The largest absolute Gasteiger partial charge is 0.546 e. The molecule has 5 nitrogen and oxygen atoms in total. The van der Waals surface area contributed by atoms with Crippen LogP contribution in [0.1, 0.15) is 16.3 Å². The number of thiazole rings is 1. The van der Waals surface area contributed by atoms with Gasteiger partial charge in [-0.15, -0.1) is 11.3 Å². The first-order chi connectivity index (χ1) is 10.1. The maximum Gasteiger partial charge on any atom is 0.134 e. The van der Waals surface area contributed by atoms with Gasteiger partial charge in [-0.2, -0.15) is 5.26 Å². The fourth-order valence-corrected chi connectivity index (χ4v) is 2.35. The number of nitrogens with zero attached hydrogens (tertiary/aromatic N) is 2. The Balaban J connectivity index is 2.16. The Hall–Kier alpha value is -2.65. The molecule has 0 unspecified atom stereocenters. The highest BCUT2D eigenvalue weighted by atomic mass is 32.1. The molecule has 0 saturated carbocycles. The second-order valence-electron chi connectivity index (χ2n) is 4.19. The summed E-state index contributed by atoms with van der Waals surface area (Å²) in [6, 6.07) is 8.88. The number of rotatable bonds is 5. The normalized spacial score (nSPS) is 11.0. The van der Waals surface area contributed by atoms with E-state index >= 15 is 0 Å². The quantitative estimate of drug-likeness (QED) is 0.783. The third-order valence-corrected chi connectivity index (χ3v) is 3.51. The number of aromatic nitrogens is 1. The molecule has 0 bridgehead atoms. The molecular formula is C15H11N2O3S-. The van der Waals surface area contributed by atoms with Crippen molar-refractivity contribution in [3.63, 3.8) is 0 Å². The number of ether oxygens (including phenoxy) is 1. The van der Waals surface area contributed by atoms with Crippen molar-refractivity contribution in [1.82, 2.24) is 4.98 Å². The number of aliphatic carboxylic acids is 1. The number of hydrogen-bond donors (Lipinski definition) is 0. The lowest BCUT2D eigenvalue weighted by Gasteiger charge is -2.06. The average Bonchev–Trinajstić information content (AvgIpc) is 2.90. The molecule has 0 aliphatic carbocycles. The van der Waals surface area contributed by atoms with Gasteiger partial charge in [-0.25, -0.2) is 4.98 Å². The van der Waals surface area contributed by atoms with Crippen molar-refractivity contribution in [2.75, 3.05) is 6.61 Å². The van der Waals surface area contributed by atoms with E-state index in [0.29, 0.717) is 16.3 Å². The molecule has 0 atom stereocenters. The van der Waals surface area contributed by atoms with E-state index in [1.54, 1.807) is 30.3 Å². The predicted molar refractivity (Wildman–Crippen MR) is 77.3 cm³/mol. The molecule has 0 N–H and O–H groups in total. The SMILES string of the molecule is Cc1csc(/C(C#N)=C/c2ccc(OCC(=O)[O-])cc2)n1. The molecule has 0 saturated heterocycles. The lowest BCUT2D eigenvalue weighted by Crippen LogP contribution is -2.28. The van der Waals surface area contributed by atoms with Crippen molar-refractivity contribution >= 4 is 29.0 Å². The highest BCUT2D eigenvalue weighted by molar-refractivity contribution is 7.11. The topological polar surface area (TPSA) is 86.0 Å². The number of carbonyl (C=O) groups is 1. The summed E-state index contributed by atoms with van der Waals surface area (Å²) in [5, 5.41) is 22.1. The van der Waals surface area contributed by atoms with Gasteiger partial charge in [0.05, 0.1) is 11.5 Å². The van der Waals surface area contributed by atoms with Gasteiger partial charge in [0.2, 0.25) is 0 Å². The van der Waals surface area contributed by atoms with Gasteiger partial charge in [0.1, 0.15) is 23.4 Å². The molecule has 1 aromatic carbocycles. The van der Waals surface area contributed by atoms with Gasteiger partial charge in [-0.1, -0.05) is 12.1 Å². The summed E-state index contributed by atoms with van der Waals surface area (Å²) in [4.78, 5) is 14.6. The second kappa shape index (κ2) is 6.68. The van der Waals surface area contributed by atoms with Crippen LogP contribution in [-0.4, -0.2) is 17.6 Å². The number of nitriles is 1. The molecule has 1 heterocycles. The summed E-state index contributed by atoms with van der Waals surface area (Å²) in [6.45, 7) is 1.38. The van der Waals surface area contributed by atoms with Crippen molar-refractivity contribution in [3.8, 4) is 11.8 Å². The van der Waals surface area contributed by atoms with Crippen LogP contribution < -0.4 is 9.84 Å². The van der Waals surface area contributed by atoms with E-state index in [-0.39, 0.29) is 0 Å². The number of hydrogen-bond acceptors (Lipinski definition) is 6. The highest BCUT2D eigenvalue weighted by Crippen LogP contribution is 2.22. The molecule has 0 fully saturated rings. The molecule has 0 aliphatic heterocycles. The molecule has 106 valence electrons. The number of allylic oxidation sites excluding steroid dienone is 1. The molecule has 0 spiro atoms. The van der Waals surface area contributed by atoms with E-state index < -0.39 is 12.6 Å². The zero-order valence-electron chi connectivity index (χ0n) is 11.2. The molecule has 21 heavy (non-hydrogen) atoms. The van der Waals surface area contributed by atoms with Crippen molar-refractivity contribution < 1.29 is 14.6 Å². The highest BCUT2D eigenvalue weighted by Gasteiger charge is 2.05. The smallest absolute Gasteiger partial charge is 0.134 e. The second-order valence-corrected chi connectivity index (χ2v) is 5.05. The fraction of sp³-hybridized carbons (Fsp3) is 0.133. The number of benzene rings is 1. The van der Waals surface area contributed by atoms with Crippen LogP contribution in [-0.2, 0) is 4.79 Å². The number of aryl methyl sites for hydroxylation is 1. The minimum atomic E-state index is -1.27. The van der Waals surface area contributed by atoms with Crippen molar-refractivity contribution in [3.05, 3.63) is 45.9 Å². The minimum absolute atomic E-state index is 0.431. The molecule has 0 radical (unpaired) electrons. The van der Waals surface area contributed by atoms with E-state index in [0.717, 1.165) is 11.3 Å². The zero-order valence-corrected chi connectivity index (χ0v) is 12.0. The van der Waals surface area contributed by atoms with Crippen LogP contribution in [0.5, 0.6) is 5.75 Å². The first-order valence-corrected chi connectivity index (χ1v) is 6.93. The molecule has 0 amide bonds. The summed E-state index contributed by atoms with van der Waals surface area (Å²) >= 11 is 1.42. The molecule has 2 rings (SSSR count). The molecule has 2 aromatic rings. The Morgan fingerprint density at radius 1 is 1.48 bits per heavy atom. The Morgan fingerprint density at radius 3 is 2.71 bits per heavy atom. The van der Waals surface area contributed by atoms with Crippen LogP contribution in [0.4, 0.5) is 0 Å². The number of carboxylic acids is 1. The van der Waals surface area contributed by atoms with Crippen LogP contribution >= 0.6 is 11.3 Å². The van der Waals surface area contributed by atoms with Gasteiger partial charge < -0.3 is 14.6 Å². The van der Waals surface area contributed by atoms with Gasteiger partial charge in [-0.3, -0.25) is 0 Å². The first-order valence-electron chi connectivity index (χ1n) is 6.05. The van der Waals surface area contributed by atoms with Gasteiger partial charge in [-0.05, 0) is 30.7 Å². The Morgan fingerprint density at radius 2 is 2.19 bits per heavy atom. The van der Waals surface area contributed by atoms with E-state index in [4.69, 9.17) is 4.74 Å². The van der Waals surface area contributed by atoms with E-state index in [2.05, 4.69) is 11.1 Å². The van der Waals surface area contributed by atoms with Crippen LogP contribution in [0.25, 0.3) is 11.6 Å². The van der Waals surface area contributed by atoms with Crippen molar-refractivity contribution in [2.45, 2.75) is 6.92 Å². The van der Waals surface area contributed by atoms with Gasteiger partial charge in [0.15, 0.2) is 0 Å². The summed E-state index contributed by atoms with van der Waals surface area (Å²) < 4.78 is 4.98. The average molecular weight is 299 g/mol. The van der Waals surface area contributed by atoms with Crippen LogP contribution in [0.2, 0.25) is 0 Å². The van der Waals surface area contributed by atoms with Crippen molar-refractivity contribution in [1.29, 1.82) is 5.26 Å². The van der Waals surface area contributed by atoms with Gasteiger partial charge in [0, 0.05) is 11.1 Å². The third kappa shape index (κ3) is 4.16. The molecule has 6 heteroatoms. The number of carboxylic acid groups (broad SMARTS) is 1. The summed E-state index contributed by atoms with van der Waals surface area (Å²) in [6.07, 6.45) is 1.72. The minimum Gasteiger partial charge on any atom is -0.546 e. The standard InChI is InChI=1S/C15H12N2O3S/c1-10-9-21-15(17-10)12(7-16)6-11-2-4-13(5-3-11)20-8-14(18)19/h2-6,9H,8H2,1H3,(H,18,19)/p-1/b12-6+. The summed E-state index contributed by atoms with van der Waals surface area (Å²) in [5.41, 5.74) is 2.17. The van der Waals surface area contributed by atoms with Crippen LogP contribution in [0.15, 0.2) is 29.6 Å². The monoisotopic (exact) mass is 299 g/mol. The van der Waals surface area contributed by atoms with E-state index in [1.807, 2.05) is 12.3 Å². The van der Waals surface area contributed by atoms with Crippen LogP contribution in [0.3, 0.4) is 0 Å². The lowest BCUT2D eigenvalue weighted by atomic mass is 10.1. The van der Waals surface area contributed by atoms with Crippen LogP contribution in [0, 0.1) is 18.3 Å². The first kappa shape index (κ1) is 14.8. The summed E-state index contributed by atoms with van der Waals surface area (Å²) in [5.74, 6) is -0.843. The van der Waals surface area contributed by atoms with Crippen molar-refractivity contribution in [2.24, 2.45) is 0 Å². The maximum absolute atomic E-state index is 10.3. The fourth-order valence-electron chi connectivity index (χ4n) is 1.59. The summed E-state index contributed by atoms with van der Waals surface area (Å²) in [7, 11) is 0.